The van der Waals surface area contributed by atoms with Gasteiger partial charge in [-0.1, -0.05) is 61.7 Å². The van der Waals surface area contributed by atoms with Crippen molar-refractivity contribution in [1.29, 1.82) is 0 Å². The minimum Gasteiger partial charge on any atom is -0.485 e. The molecule has 2 saturated heterocycles. The Morgan fingerprint density at radius 3 is 2.32 bits per heavy atom. The van der Waals surface area contributed by atoms with Gasteiger partial charge in [-0.25, -0.2) is 9.97 Å². The average Bonchev–Trinajstić information content (AvgIpc) is 3.47. The van der Waals surface area contributed by atoms with Gasteiger partial charge in [0.25, 0.3) is 11.5 Å². The van der Waals surface area contributed by atoms with E-state index in [2.05, 4.69) is 20.4 Å². The van der Waals surface area contributed by atoms with Gasteiger partial charge in [0.05, 0.1) is 27.7 Å². The van der Waals surface area contributed by atoms with E-state index in [0.717, 1.165) is 49.4 Å². The summed E-state index contributed by atoms with van der Waals surface area (Å²) in [5.74, 6) is -0.0945. The lowest BCUT2D eigenvalue weighted by Crippen LogP contribution is -2.51. The number of aryl methyl sites for hydroxylation is 1. The number of benzene rings is 2. The summed E-state index contributed by atoms with van der Waals surface area (Å²) in [6.07, 6.45) is 1.08. The van der Waals surface area contributed by atoms with E-state index in [1.807, 2.05) is 47.1 Å². The molecule has 0 spiro atoms. The normalized spacial score (nSPS) is 15.2. The maximum absolute atomic E-state index is 14.4. The Balaban J connectivity index is 1.17. The third-order valence-electron chi connectivity index (χ3n) is 10.2. The lowest BCUT2D eigenvalue weighted by atomic mass is 10.2. The molecule has 7 rings (SSSR count). The first kappa shape index (κ1) is 39.5. The minimum atomic E-state index is -4.60. The number of aromatic nitrogens is 6. The number of carbonyl (C=O) groups is 2. The quantitative estimate of drug-likeness (QED) is 0.185. The summed E-state index contributed by atoms with van der Waals surface area (Å²) in [5, 5.41) is 7.02. The second-order valence-corrected chi connectivity index (χ2v) is 14.4. The lowest BCUT2D eigenvalue weighted by Gasteiger charge is -2.36. The standard InChI is InChI=1S/C39H42ClF3N10O4/c1-3-30-33(49-17-19-50(20-18-49)35(55)32-34(25(2)44-24-45-32)57-23-26-11-7-6-8-12-26)36(56)53-38(47-37(48-53)51-15-9-4-5-10-16-51)52(30)22-31(54)46-29-14-13-27(21-28(29)40)39(41,42)43/h6-8,11-14,21,24H,3-5,9-10,15-20,22-23H2,1-2H3,(H,46,54). The molecule has 1 N–H and O–H groups in total. The van der Waals surface area contributed by atoms with Crippen molar-refractivity contribution < 1.29 is 27.5 Å². The molecule has 300 valence electrons. The summed E-state index contributed by atoms with van der Waals surface area (Å²) in [6, 6.07) is 12.3. The highest BCUT2D eigenvalue weighted by Crippen LogP contribution is 2.34. The first-order valence-corrected chi connectivity index (χ1v) is 19.3. The fraction of sp³-hybridized carbons (Fsp3) is 0.410. The van der Waals surface area contributed by atoms with Crippen LogP contribution in [0.25, 0.3) is 5.78 Å². The molecule has 2 aliphatic rings. The van der Waals surface area contributed by atoms with Crippen LogP contribution < -0.4 is 25.4 Å². The summed E-state index contributed by atoms with van der Waals surface area (Å²) >= 11 is 6.17. The van der Waals surface area contributed by atoms with Crippen LogP contribution >= 0.6 is 11.6 Å². The highest BCUT2D eigenvalue weighted by atomic mass is 35.5. The van der Waals surface area contributed by atoms with Gasteiger partial charge >= 0.3 is 6.18 Å². The zero-order valence-electron chi connectivity index (χ0n) is 31.6. The van der Waals surface area contributed by atoms with Crippen molar-refractivity contribution >= 4 is 46.5 Å². The van der Waals surface area contributed by atoms with Gasteiger partial charge in [0.15, 0.2) is 11.4 Å². The molecule has 0 radical (unpaired) electrons. The van der Waals surface area contributed by atoms with E-state index in [-0.39, 0.29) is 67.4 Å². The molecular weight excluding hydrogens is 765 g/mol. The number of fused-ring (bicyclic) bond motifs is 1. The van der Waals surface area contributed by atoms with E-state index < -0.39 is 23.2 Å². The van der Waals surface area contributed by atoms with Crippen molar-refractivity contribution in [3.05, 3.63) is 98.4 Å². The van der Waals surface area contributed by atoms with Crippen LogP contribution in [0.5, 0.6) is 5.75 Å². The van der Waals surface area contributed by atoms with E-state index in [0.29, 0.717) is 48.3 Å². The highest BCUT2D eigenvalue weighted by molar-refractivity contribution is 6.33. The largest absolute Gasteiger partial charge is 0.485 e. The molecule has 3 aromatic heterocycles. The summed E-state index contributed by atoms with van der Waals surface area (Å²) in [7, 11) is 0. The molecule has 0 unspecified atom stereocenters. The van der Waals surface area contributed by atoms with Crippen LogP contribution in [0.3, 0.4) is 0 Å². The molecule has 0 bridgehead atoms. The van der Waals surface area contributed by atoms with Gasteiger partial charge in [-0.15, -0.1) is 5.10 Å². The predicted octanol–water partition coefficient (Wildman–Crippen LogP) is 5.78. The number of ether oxygens (including phenoxy) is 1. The Morgan fingerprint density at radius 1 is 0.930 bits per heavy atom. The van der Waals surface area contributed by atoms with Crippen molar-refractivity contribution in [3.63, 3.8) is 0 Å². The van der Waals surface area contributed by atoms with Crippen LogP contribution in [0.4, 0.5) is 30.5 Å². The molecule has 0 atom stereocenters. The second-order valence-electron chi connectivity index (χ2n) is 14.0. The number of anilines is 3. The van der Waals surface area contributed by atoms with Crippen LogP contribution in [0, 0.1) is 6.92 Å². The van der Waals surface area contributed by atoms with Gasteiger partial charge in [0, 0.05) is 39.3 Å². The molecule has 2 amide bonds. The van der Waals surface area contributed by atoms with Crippen molar-refractivity contribution in [2.75, 3.05) is 54.4 Å². The zero-order chi connectivity index (χ0) is 40.3. The van der Waals surface area contributed by atoms with Gasteiger partial charge in [-0.2, -0.15) is 22.7 Å². The molecule has 2 fully saturated rings. The molecule has 0 saturated carbocycles. The third-order valence-corrected chi connectivity index (χ3v) is 10.5. The maximum atomic E-state index is 14.4. The average molecular weight is 807 g/mol. The highest BCUT2D eigenvalue weighted by Gasteiger charge is 2.33. The SMILES string of the molecule is CCc1c(N2CCN(C(=O)c3ncnc(C)c3OCc3ccccc3)CC2)c(=O)n2nc(N3CCCCCC3)nc2n1CC(=O)Nc1ccc(C(F)(F)F)cc1Cl. The minimum absolute atomic E-state index is 0.00465. The molecule has 18 heteroatoms. The molecular formula is C39H42ClF3N10O4. The molecule has 2 aliphatic heterocycles. The number of hydrogen-bond acceptors (Lipinski definition) is 10. The molecule has 14 nitrogen and oxygen atoms in total. The maximum Gasteiger partial charge on any atom is 0.416 e. The van der Waals surface area contributed by atoms with E-state index in [9.17, 15) is 27.6 Å². The van der Waals surface area contributed by atoms with Crippen LogP contribution in [0.1, 0.15) is 65.6 Å². The van der Waals surface area contributed by atoms with E-state index in [1.165, 1.54) is 10.8 Å². The predicted molar refractivity (Wildman–Crippen MR) is 208 cm³/mol. The van der Waals surface area contributed by atoms with Gasteiger partial charge in [0.2, 0.25) is 17.6 Å². The molecule has 5 heterocycles. The fourth-order valence-corrected chi connectivity index (χ4v) is 7.48. The molecule has 5 aromatic rings. The van der Waals surface area contributed by atoms with E-state index >= 15 is 0 Å². The van der Waals surface area contributed by atoms with Gasteiger partial charge < -0.3 is 29.3 Å². The summed E-state index contributed by atoms with van der Waals surface area (Å²) in [4.78, 5) is 60.9. The first-order chi connectivity index (χ1) is 27.4. The van der Waals surface area contributed by atoms with Crippen LogP contribution in [0.15, 0.2) is 59.7 Å². The Labute approximate surface area is 331 Å². The van der Waals surface area contributed by atoms with Crippen molar-refractivity contribution in [2.45, 2.75) is 65.3 Å². The zero-order valence-corrected chi connectivity index (χ0v) is 32.3. The third kappa shape index (κ3) is 8.52. The summed E-state index contributed by atoms with van der Waals surface area (Å²) < 4.78 is 48.8. The van der Waals surface area contributed by atoms with Crippen molar-refractivity contribution in [1.82, 2.24) is 34.0 Å². The number of amides is 2. The number of piperazine rings is 1. The monoisotopic (exact) mass is 806 g/mol. The summed E-state index contributed by atoms with van der Waals surface area (Å²) in [6.45, 7) is 6.00. The Bertz CT molecular complexity index is 2320. The summed E-state index contributed by atoms with van der Waals surface area (Å²) in [5.41, 5.74) is 1.07. The number of nitrogens with one attached hydrogen (secondary N) is 1. The fourth-order valence-electron chi connectivity index (χ4n) is 7.25. The molecule has 0 aliphatic carbocycles. The number of alkyl halides is 3. The van der Waals surface area contributed by atoms with Crippen LogP contribution in [-0.2, 0) is 30.5 Å². The molecule has 57 heavy (non-hydrogen) atoms. The number of rotatable bonds is 10. The van der Waals surface area contributed by atoms with E-state index in [1.54, 1.807) is 16.4 Å². The first-order valence-electron chi connectivity index (χ1n) is 18.9. The number of carbonyl (C=O) groups excluding carboxylic acids is 2. The van der Waals surface area contributed by atoms with E-state index in [4.69, 9.17) is 21.3 Å². The molecule has 2 aromatic carbocycles. The van der Waals surface area contributed by atoms with Gasteiger partial charge in [-0.05, 0) is 49.9 Å². The lowest BCUT2D eigenvalue weighted by molar-refractivity contribution is -0.137. The van der Waals surface area contributed by atoms with Crippen LogP contribution in [0.2, 0.25) is 5.02 Å². The Hall–Kier alpha value is -5.71. The number of nitrogens with zero attached hydrogens (tertiary/aromatic N) is 9. The number of hydrogen-bond donors (Lipinski definition) is 1. The van der Waals surface area contributed by atoms with Crippen molar-refractivity contribution in [2.24, 2.45) is 0 Å². The second kappa shape index (κ2) is 16.8. The van der Waals surface area contributed by atoms with Gasteiger partial charge in [-0.3, -0.25) is 14.4 Å². The van der Waals surface area contributed by atoms with Crippen LogP contribution in [-0.4, -0.2) is 85.1 Å². The Kier molecular flexibility index (Phi) is 11.6. The Morgan fingerprint density at radius 2 is 1.65 bits per heavy atom. The van der Waals surface area contributed by atoms with Gasteiger partial charge in [0.1, 0.15) is 25.2 Å². The smallest absolute Gasteiger partial charge is 0.416 e. The van der Waals surface area contributed by atoms with Crippen molar-refractivity contribution in [3.8, 4) is 5.75 Å². The topological polar surface area (TPSA) is 143 Å². The number of halogens is 4.